The molecule has 0 saturated carbocycles. The van der Waals surface area contributed by atoms with Crippen LogP contribution in [0.2, 0.25) is 0 Å². The molecular formula is C9H22N2. The van der Waals surface area contributed by atoms with E-state index in [-0.39, 0.29) is 5.54 Å². The number of rotatable bonds is 6. The minimum Gasteiger partial charge on any atom is -0.271 e. The summed E-state index contributed by atoms with van der Waals surface area (Å²) in [5, 5.41) is 0. The Morgan fingerprint density at radius 2 is 1.55 bits per heavy atom. The van der Waals surface area contributed by atoms with Crippen molar-refractivity contribution in [3.8, 4) is 0 Å². The van der Waals surface area contributed by atoms with Crippen LogP contribution in [0.15, 0.2) is 0 Å². The van der Waals surface area contributed by atoms with E-state index in [4.69, 9.17) is 5.84 Å². The Morgan fingerprint density at radius 1 is 1.09 bits per heavy atom. The molecule has 0 rings (SSSR count). The Bertz CT molecular complexity index is 79.6. The second-order valence-electron chi connectivity index (χ2n) is 3.28. The van der Waals surface area contributed by atoms with E-state index in [1.54, 1.807) is 0 Å². The van der Waals surface area contributed by atoms with Gasteiger partial charge in [-0.1, -0.05) is 33.6 Å². The summed E-state index contributed by atoms with van der Waals surface area (Å²) in [7, 11) is 0. The predicted molar refractivity (Wildman–Crippen MR) is 50.2 cm³/mol. The minimum absolute atomic E-state index is 0.212. The smallest absolute Gasteiger partial charge is 0.0318 e. The maximum absolute atomic E-state index is 5.54. The lowest BCUT2D eigenvalue weighted by atomic mass is 9.87. The van der Waals surface area contributed by atoms with E-state index in [0.29, 0.717) is 0 Å². The fourth-order valence-corrected chi connectivity index (χ4v) is 1.68. The van der Waals surface area contributed by atoms with E-state index in [1.165, 1.54) is 25.7 Å². The first-order chi connectivity index (χ1) is 5.24. The van der Waals surface area contributed by atoms with Gasteiger partial charge in [0, 0.05) is 5.54 Å². The van der Waals surface area contributed by atoms with Crippen molar-refractivity contribution in [1.82, 2.24) is 5.43 Å². The molecule has 0 spiro atoms. The zero-order valence-electron chi connectivity index (χ0n) is 8.11. The van der Waals surface area contributed by atoms with Gasteiger partial charge in [-0.15, -0.1) is 0 Å². The Hall–Kier alpha value is -0.0800. The monoisotopic (exact) mass is 158 g/mol. The van der Waals surface area contributed by atoms with Gasteiger partial charge in [0.25, 0.3) is 0 Å². The average molecular weight is 158 g/mol. The van der Waals surface area contributed by atoms with Crippen molar-refractivity contribution in [2.75, 3.05) is 0 Å². The van der Waals surface area contributed by atoms with Crippen molar-refractivity contribution < 1.29 is 0 Å². The molecule has 0 aromatic carbocycles. The molecule has 0 aromatic rings. The van der Waals surface area contributed by atoms with Crippen LogP contribution in [0.4, 0.5) is 0 Å². The molecule has 0 amide bonds. The zero-order valence-corrected chi connectivity index (χ0v) is 8.11. The van der Waals surface area contributed by atoms with Crippen molar-refractivity contribution in [1.29, 1.82) is 0 Å². The van der Waals surface area contributed by atoms with E-state index in [1.807, 2.05) is 0 Å². The lowest BCUT2D eigenvalue weighted by molar-refractivity contribution is 0.268. The molecular weight excluding hydrogens is 136 g/mol. The summed E-state index contributed by atoms with van der Waals surface area (Å²) < 4.78 is 0. The summed E-state index contributed by atoms with van der Waals surface area (Å²) in [5.41, 5.74) is 3.18. The number of hydrazine groups is 1. The molecule has 2 nitrogen and oxygen atoms in total. The molecule has 0 heterocycles. The van der Waals surface area contributed by atoms with Gasteiger partial charge in [-0.2, -0.15) is 0 Å². The van der Waals surface area contributed by atoms with Gasteiger partial charge in [-0.3, -0.25) is 11.3 Å². The van der Waals surface area contributed by atoms with Crippen LogP contribution in [-0.2, 0) is 0 Å². The summed E-state index contributed by atoms with van der Waals surface area (Å²) in [4.78, 5) is 0. The number of nitrogens with two attached hydrogens (primary N) is 1. The highest BCUT2D eigenvalue weighted by Crippen LogP contribution is 2.21. The fraction of sp³-hybridized carbons (Fsp3) is 1.00. The van der Waals surface area contributed by atoms with Crippen LogP contribution in [0.1, 0.15) is 52.9 Å². The zero-order chi connectivity index (χ0) is 8.74. The highest BCUT2D eigenvalue weighted by Gasteiger charge is 2.23. The van der Waals surface area contributed by atoms with Crippen molar-refractivity contribution in [2.24, 2.45) is 5.84 Å². The molecule has 0 bridgehead atoms. The van der Waals surface area contributed by atoms with Crippen LogP contribution in [0.5, 0.6) is 0 Å². The van der Waals surface area contributed by atoms with Crippen molar-refractivity contribution in [3.63, 3.8) is 0 Å². The third-order valence-electron chi connectivity index (χ3n) is 2.44. The van der Waals surface area contributed by atoms with Gasteiger partial charge < -0.3 is 0 Å². The molecule has 68 valence electrons. The van der Waals surface area contributed by atoms with Gasteiger partial charge in [-0.05, 0) is 19.3 Å². The van der Waals surface area contributed by atoms with E-state index < -0.39 is 0 Å². The molecule has 3 N–H and O–H groups in total. The normalized spacial score (nSPS) is 12.0. The summed E-state index contributed by atoms with van der Waals surface area (Å²) in [6.45, 7) is 6.61. The van der Waals surface area contributed by atoms with Crippen LogP contribution in [0.25, 0.3) is 0 Å². The number of nitrogens with one attached hydrogen (secondary N) is 1. The van der Waals surface area contributed by atoms with Crippen LogP contribution in [0, 0.1) is 0 Å². The second-order valence-corrected chi connectivity index (χ2v) is 3.28. The fourth-order valence-electron chi connectivity index (χ4n) is 1.68. The molecule has 0 aromatic heterocycles. The van der Waals surface area contributed by atoms with Gasteiger partial charge in [0.05, 0.1) is 0 Å². The van der Waals surface area contributed by atoms with Crippen LogP contribution >= 0.6 is 0 Å². The number of hydrogen-bond acceptors (Lipinski definition) is 2. The maximum atomic E-state index is 5.54. The Kier molecular flexibility index (Phi) is 5.51. The first-order valence-corrected chi connectivity index (χ1v) is 4.72. The molecule has 0 atom stereocenters. The standard InChI is InChI=1S/C9H22N2/c1-4-7-9(6-3,11-10)8-5-2/h11H,4-8,10H2,1-3H3. The average Bonchev–Trinajstić information content (AvgIpc) is 2.04. The largest absolute Gasteiger partial charge is 0.271 e. The second kappa shape index (κ2) is 5.56. The molecule has 0 unspecified atom stereocenters. The van der Waals surface area contributed by atoms with Gasteiger partial charge in [0.1, 0.15) is 0 Å². The third-order valence-corrected chi connectivity index (χ3v) is 2.44. The molecule has 0 aliphatic heterocycles. The van der Waals surface area contributed by atoms with E-state index in [9.17, 15) is 0 Å². The quantitative estimate of drug-likeness (QED) is 0.459. The van der Waals surface area contributed by atoms with Crippen LogP contribution in [-0.4, -0.2) is 5.54 Å². The topological polar surface area (TPSA) is 38.0 Å². The first-order valence-electron chi connectivity index (χ1n) is 4.72. The predicted octanol–water partition coefficient (Wildman–Crippen LogP) is 2.20. The van der Waals surface area contributed by atoms with E-state index >= 15 is 0 Å². The molecule has 2 heteroatoms. The van der Waals surface area contributed by atoms with Crippen molar-refractivity contribution >= 4 is 0 Å². The Morgan fingerprint density at radius 3 is 1.73 bits per heavy atom. The Labute approximate surface area is 70.5 Å². The number of hydrogen-bond donors (Lipinski definition) is 2. The highest BCUT2D eigenvalue weighted by molar-refractivity contribution is 4.83. The van der Waals surface area contributed by atoms with Gasteiger partial charge in [0.2, 0.25) is 0 Å². The molecule has 0 aliphatic carbocycles. The lowest BCUT2D eigenvalue weighted by Gasteiger charge is -2.31. The summed E-state index contributed by atoms with van der Waals surface area (Å²) >= 11 is 0. The lowest BCUT2D eigenvalue weighted by Crippen LogP contribution is -2.48. The first kappa shape index (κ1) is 10.9. The molecule has 0 aliphatic rings. The van der Waals surface area contributed by atoms with Crippen LogP contribution in [0.3, 0.4) is 0 Å². The minimum atomic E-state index is 0.212. The molecule has 11 heavy (non-hydrogen) atoms. The maximum Gasteiger partial charge on any atom is 0.0318 e. The van der Waals surface area contributed by atoms with Crippen molar-refractivity contribution in [3.05, 3.63) is 0 Å². The molecule has 0 fully saturated rings. The summed E-state index contributed by atoms with van der Waals surface area (Å²) in [6, 6.07) is 0. The van der Waals surface area contributed by atoms with Gasteiger partial charge in [0.15, 0.2) is 0 Å². The van der Waals surface area contributed by atoms with E-state index in [0.717, 1.165) is 6.42 Å². The van der Waals surface area contributed by atoms with E-state index in [2.05, 4.69) is 26.2 Å². The van der Waals surface area contributed by atoms with Gasteiger partial charge in [-0.25, -0.2) is 0 Å². The van der Waals surface area contributed by atoms with Crippen LogP contribution < -0.4 is 11.3 Å². The third kappa shape index (κ3) is 3.21. The summed E-state index contributed by atoms with van der Waals surface area (Å²) in [6.07, 6.45) is 5.92. The summed E-state index contributed by atoms with van der Waals surface area (Å²) in [5.74, 6) is 5.54. The highest BCUT2D eigenvalue weighted by atomic mass is 15.3. The molecule has 0 saturated heterocycles. The SMILES string of the molecule is CCCC(CC)(CCC)NN. The van der Waals surface area contributed by atoms with Crippen molar-refractivity contribution in [2.45, 2.75) is 58.4 Å². The van der Waals surface area contributed by atoms with Gasteiger partial charge >= 0.3 is 0 Å². The Balaban J connectivity index is 3.96. The molecule has 0 radical (unpaired) electrons.